The number of amides is 1. The van der Waals surface area contributed by atoms with E-state index in [0.717, 1.165) is 38.2 Å². The van der Waals surface area contributed by atoms with Gasteiger partial charge in [0.1, 0.15) is 5.75 Å². The Kier molecular flexibility index (Phi) is 6.22. The summed E-state index contributed by atoms with van der Waals surface area (Å²) < 4.78 is 5.34. The number of carbonyl (C=O) groups is 1. The van der Waals surface area contributed by atoms with Crippen molar-refractivity contribution in [3.05, 3.63) is 29.8 Å². The number of unbranched alkanes of at least 4 members (excludes halogenated alkanes) is 1. The molecule has 1 aromatic carbocycles. The second kappa shape index (κ2) is 8.83. The van der Waals surface area contributed by atoms with E-state index in [1.807, 2.05) is 0 Å². The molecule has 5 nitrogen and oxygen atoms in total. The average molecular weight is 386 g/mol. The third kappa shape index (κ3) is 4.06. The van der Waals surface area contributed by atoms with E-state index in [4.69, 9.17) is 10.5 Å². The fourth-order valence-corrected chi connectivity index (χ4v) is 5.77. The fraction of sp³-hybridized carbons (Fsp3) is 0.696. The van der Waals surface area contributed by atoms with Gasteiger partial charge < -0.3 is 15.4 Å². The standard InChI is InChI=1S/C23H35N3O2/c1-28-20-10-8-18(9-11-20)21-5-4-6-22-19-13-17(15-26(21)22)14-25(16-19)23(27)7-2-3-12-24/h8-11,17,19,21-22H,2-7,12-16,24H2,1H3/t17-,19+,21+,22-/m0/s1. The van der Waals surface area contributed by atoms with Crippen molar-refractivity contribution in [1.29, 1.82) is 0 Å². The normalized spacial score (nSPS) is 30.0. The van der Waals surface area contributed by atoms with E-state index in [0.29, 0.717) is 42.8 Å². The third-order valence-corrected chi connectivity index (χ3v) is 7.08. The highest BCUT2D eigenvalue weighted by Gasteiger charge is 2.45. The molecule has 0 saturated carbocycles. The van der Waals surface area contributed by atoms with Crippen molar-refractivity contribution in [1.82, 2.24) is 9.80 Å². The van der Waals surface area contributed by atoms with Crippen LogP contribution < -0.4 is 10.5 Å². The zero-order valence-corrected chi connectivity index (χ0v) is 17.2. The number of likely N-dealkylation sites (tertiary alicyclic amines) is 1. The first kappa shape index (κ1) is 19.7. The Morgan fingerprint density at radius 3 is 2.71 bits per heavy atom. The van der Waals surface area contributed by atoms with E-state index in [1.165, 1.54) is 31.2 Å². The molecule has 1 amide bonds. The topological polar surface area (TPSA) is 58.8 Å². The number of benzene rings is 1. The van der Waals surface area contributed by atoms with Crippen LogP contribution >= 0.6 is 0 Å². The maximum absolute atomic E-state index is 12.7. The molecule has 1 aromatic rings. The van der Waals surface area contributed by atoms with Crippen LogP contribution in [-0.4, -0.2) is 55.0 Å². The Morgan fingerprint density at radius 2 is 1.96 bits per heavy atom. The van der Waals surface area contributed by atoms with Gasteiger partial charge in [-0.2, -0.15) is 0 Å². The molecule has 0 spiro atoms. The molecule has 0 unspecified atom stereocenters. The van der Waals surface area contributed by atoms with E-state index >= 15 is 0 Å². The van der Waals surface area contributed by atoms with Crippen molar-refractivity contribution in [2.24, 2.45) is 17.6 Å². The van der Waals surface area contributed by atoms with Crippen LogP contribution in [0.1, 0.15) is 56.6 Å². The number of rotatable bonds is 6. The number of nitrogens with two attached hydrogens (primary N) is 1. The number of fused-ring (bicyclic) bond motifs is 4. The van der Waals surface area contributed by atoms with Crippen LogP contribution in [0.2, 0.25) is 0 Å². The average Bonchev–Trinajstić information content (AvgIpc) is 2.73. The lowest BCUT2D eigenvalue weighted by atomic mass is 9.74. The van der Waals surface area contributed by atoms with Crippen molar-refractivity contribution < 1.29 is 9.53 Å². The van der Waals surface area contributed by atoms with Gasteiger partial charge in [-0.05, 0) is 74.6 Å². The minimum absolute atomic E-state index is 0.346. The van der Waals surface area contributed by atoms with E-state index in [-0.39, 0.29) is 0 Å². The number of piperidine rings is 3. The summed E-state index contributed by atoms with van der Waals surface area (Å²) >= 11 is 0. The molecule has 2 N–H and O–H groups in total. The lowest BCUT2D eigenvalue weighted by molar-refractivity contribution is -0.139. The van der Waals surface area contributed by atoms with Gasteiger partial charge in [0.25, 0.3) is 0 Å². The second-order valence-electron chi connectivity index (χ2n) is 8.89. The molecule has 3 aliphatic rings. The Morgan fingerprint density at radius 1 is 1.14 bits per heavy atom. The largest absolute Gasteiger partial charge is 0.497 e. The first-order valence-corrected chi connectivity index (χ1v) is 11.1. The van der Waals surface area contributed by atoms with Gasteiger partial charge in [-0.25, -0.2) is 0 Å². The lowest BCUT2D eigenvalue weighted by Gasteiger charge is -2.55. The zero-order chi connectivity index (χ0) is 19.5. The molecule has 5 heteroatoms. The van der Waals surface area contributed by atoms with Gasteiger partial charge in [0.2, 0.25) is 5.91 Å². The molecular weight excluding hydrogens is 350 g/mol. The Labute approximate surface area is 169 Å². The predicted molar refractivity (Wildman–Crippen MR) is 111 cm³/mol. The van der Waals surface area contributed by atoms with E-state index < -0.39 is 0 Å². The van der Waals surface area contributed by atoms with Gasteiger partial charge >= 0.3 is 0 Å². The van der Waals surface area contributed by atoms with Gasteiger partial charge in [-0.15, -0.1) is 0 Å². The number of hydrogen-bond donors (Lipinski definition) is 1. The maximum Gasteiger partial charge on any atom is 0.222 e. The molecule has 0 aliphatic carbocycles. The van der Waals surface area contributed by atoms with Crippen LogP contribution in [0.15, 0.2) is 24.3 Å². The van der Waals surface area contributed by atoms with Crippen molar-refractivity contribution in [2.45, 2.75) is 57.0 Å². The number of nitrogens with zero attached hydrogens (tertiary/aromatic N) is 2. The van der Waals surface area contributed by atoms with Crippen molar-refractivity contribution in [3.63, 3.8) is 0 Å². The molecule has 154 valence electrons. The molecule has 0 radical (unpaired) electrons. The van der Waals surface area contributed by atoms with Crippen LogP contribution in [0.25, 0.3) is 0 Å². The summed E-state index contributed by atoms with van der Waals surface area (Å²) in [6, 6.07) is 9.79. The van der Waals surface area contributed by atoms with Crippen LogP contribution in [0.5, 0.6) is 5.75 Å². The lowest BCUT2D eigenvalue weighted by Crippen LogP contribution is -2.60. The predicted octanol–water partition coefficient (Wildman–Crippen LogP) is 3.20. The van der Waals surface area contributed by atoms with Crippen molar-refractivity contribution in [2.75, 3.05) is 33.3 Å². The number of hydrogen-bond acceptors (Lipinski definition) is 4. The molecule has 28 heavy (non-hydrogen) atoms. The fourth-order valence-electron chi connectivity index (χ4n) is 5.77. The SMILES string of the molecule is COc1ccc([C@H]2CCC[C@H]3[C@@H]4C[C@@H](CN(C(=O)CCCCN)C4)CN23)cc1. The van der Waals surface area contributed by atoms with Crippen LogP contribution in [0, 0.1) is 11.8 Å². The smallest absolute Gasteiger partial charge is 0.222 e. The highest BCUT2D eigenvalue weighted by atomic mass is 16.5. The number of methoxy groups -OCH3 is 1. The quantitative estimate of drug-likeness (QED) is 0.764. The first-order chi connectivity index (χ1) is 13.7. The highest BCUT2D eigenvalue weighted by molar-refractivity contribution is 5.76. The van der Waals surface area contributed by atoms with Gasteiger partial charge in [0.05, 0.1) is 7.11 Å². The van der Waals surface area contributed by atoms with Gasteiger partial charge in [0, 0.05) is 38.1 Å². The summed E-state index contributed by atoms with van der Waals surface area (Å²) in [6.07, 6.45) is 7.64. The van der Waals surface area contributed by atoms with Crippen LogP contribution in [0.4, 0.5) is 0 Å². The number of ether oxygens (including phenoxy) is 1. The highest BCUT2D eigenvalue weighted by Crippen LogP contribution is 2.44. The van der Waals surface area contributed by atoms with E-state index in [1.54, 1.807) is 7.11 Å². The Balaban J connectivity index is 1.44. The Bertz CT molecular complexity index is 662. The Hall–Kier alpha value is -1.59. The van der Waals surface area contributed by atoms with Crippen molar-refractivity contribution >= 4 is 5.91 Å². The summed E-state index contributed by atoms with van der Waals surface area (Å²) in [4.78, 5) is 17.6. The first-order valence-electron chi connectivity index (χ1n) is 11.1. The summed E-state index contributed by atoms with van der Waals surface area (Å²) in [6.45, 7) is 3.71. The summed E-state index contributed by atoms with van der Waals surface area (Å²) in [5.41, 5.74) is 7.00. The molecule has 3 heterocycles. The minimum atomic E-state index is 0.346. The van der Waals surface area contributed by atoms with Gasteiger partial charge in [0.15, 0.2) is 0 Å². The molecule has 3 saturated heterocycles. The molecule has 4 rings (SSSR count). The molecule has 3 aliphatic heterocycles. The second-order valence-corrected chi connectivity index (χ2v) is 8.89. The minimum Gasteiger partial charge on any atom is -0.497 e. The van der Waals surface area contributed by atoms with Gasteiger partial charge in [-0.3, -0.25) is 9.69 Å². The molecule has 3 fully saturated rings. The zero-order valence-electron chi connectivity index (χ0n) is 17.2. The third-order valence-electron chi connectivity index (χ3n) is 7.08. The summed E-state index contributed by atoms with van der Waals surface area (Å²) in [5.74, 6) is 2.52. The van der Waals surface area contributed by atoms with E-state index in [9.17, 15) is 4.79 Å². The van der Waals surface area contributed by atoms with Gasteiger partial charge in [-0.1, -0.05) is 12.1 Å². The van der Waals surface area contributed by atoms with E-state index in [2.05, 4.69) is 34.1 Å². The summed E-state index contributed by atoms with van der Waals surface area (Å²) in [7, 11) is 1.72. The molecule has 0 aromatic heterocycles. The van der Waals surface area contributed by atoms with Crippen molar-refractivity contribution in [3.8, 4) is 5.75 Å². The molecule has 4 atom stereocenters. The van der Waals surface area contributed by atoms with Crippen LogP contribution in [0.3, 0.4) is 0 Å². The molecular formula is C23H35N3O2. The maximum atomic E-state index is 12.7. The van der Waals surface area contributed by atoms with Crippen LogP contribution in [-0.2, 0) is 4.79 Å². The number of carbonyl (C=O) groups excluding carboxylic acids is 1. The monoisotopic (exact) mass is 385 g/mol. The summed E-state index contributed by atoms with van der Waals surface area (Å²) in [5, 5.41) is 0. The molecule has 2 bridgehead atoms.